The van der Waals surface area contributed by atoms with Gasteiger partial charge in [-0.15, -0.1) is 0 Å². The minimum Gasteiger partial charge on any atom is -0.393 e. The SMILES string of the molecule is CC1CN(C(=O)c2c[nH]c3cc(Br)c(Br)cc23)CCC1O. The number of benzene rings is 1. The smallest absolute Gasteiger partial charge is 0.256 e. The van der Waals surface area contributed by atoms with Gasteiger partial charge in [0.2, 0.25) is 0 Å². The van der Waals surface area contributed by atoms with E-state index < -0.39 is 0 Å². The third-order valence-electron chi connectivity index (χ3n) is 4.10. The number of aliphatic hydroxyl groups excluding tert-OH is 1. The van der Waals surface area contributed by atoms with Crippen molar-refractivity contribution in [2.45, 2.75) is 19.4 Å². The molecule has 2 atom stereocenters. The number of hydrogen-bond acceptors (Lipinski definition) is 2. The highest BCUT2D eigenvalue weighted by Crippen LogP contribution is 2.31. The number of carbonyl (C=O) groups excluding carboxylic acids is 1. The molecule has 3 rings (SSSR count). The molecule has 0 bridgehead atoms. The molecule has 1 amide bonds. The van der Waals surface area contributed by atoms with E-state index in [9.17, 15) is 9.90 Å². The van der Waals surface area contributed by atoms with Crippen molar-refractivity contribution in [2.75, 3.05) is 13.1 Å². The summed E-state index contributed by atoms with van der Waals surface area (Å²) in [5.41, 5.74) is 1.61. The van der Waals surface area contributed by atoms with Crippen LogP contribution < -0.4 is 0 Å². The van der Waals surface area contributed by atoms with Gasteiger partial charge in [0.25, 0.3) is 5.91 Å². The van der Waals surface area contributed by atoms with Crippen LogP contribution in [0.2, 0.25) is 0 Å². The van der Waals surface area contributed by atoms with Crippen LogP contribution in [0.4, 0.5) is 0 Å². The summed E-state index contributed by atoms with van der Waals surface area (Å²) in [5, 5.41) is 10.7. The quantitative estimate of drug-likeness (QED) is 0.748. The molecule has 2 N–H and O–H groups in total. The second-order valence-electron chi connectivity index (χ2n) is 5.60. The lowest BCUT2D eigenvalue weighted by Crippen LogP contribution is -2.44. The number of aromatic nitrogens is 1. The van der Waals surface area contributed by atoms with E-state index in [1.807, 2.05) is 24.0 Å². The number of nitrogens with zero attached hydrogens (tertiary/aromatic N) is 1. The molecule has 2 unspecified atom stereocenters. The van der Waals surface area contributed by atoms with E-state index in [2.05, 4.69) is 36.8 Å². The molecule has 1 fully saturated rings. The average Bonchev–Trinajstić information content (AvgIpc) is 2.84. The number of piperidine rings is 1. The molecule has 6 heteroatoms. The van der Waals surface area contributed by atoms with Crippen molar-refractivity contribution < 1.29 is 9.90 Å². The number of likely N-dealkylation sites (tertiary alicyclic amines) is 1. The fraction of sp³-hybridized carbons (Fsp3) is 0.400. The van der Waals surface area contributed by atoms with Gasteiger partial charge in [0.05, 0.1) is 11.7 Å². The first kappa shape index (κ1) is 15.1. The Labute approximate surface area is 139 Å². The number of aromatic amines is 1. The Hall–Kier alpha value is -0.850. The number of nitrogens with one attached hydrogen (secondary N) is 1. The number of fused-ring (bicyclic) bond motifs is 1. The van der Waals surface area contributed by atoms with Crippen LogP contribution in [0.15, 0.2) is 27.3 Å². The fourth-order valence-electron chi connectivity index (χ4n) is 2.78. The Kier molecular flexibility index (Phi) is 4.12. The van der Waals surface area contributed by atoms with Crippen LogP contribution in [0.3, 0.4) is 0 Å². The molecule has 4 nitrogen and oxygen atoms in total. The maximum atomic E-state index is 12.7. The summed E-state index contributed by atoms with van der Waals surface area (Å²) in [7, 11) is 0. The first-order chi connectivity index (χ1) is 9.97. The highest BCUT2D eigenvalue weighted by molar-refractivity contribution is 9.13. The zero-order valence-corrected chi connectivity index (χ0v) is 14.7. The van der Waals surface area contributed by atoms with Gasteiger partial charge >= 0.3 is 0 Å². The molecule has 2 heterocycles. The van der Waals surface area contributed by atoms with E-state index >= 15 is 0 Å². The van der Waals surface area contributed by atoms with Gasteiger partial charge in [-0.05, 0) is 56.3 Å². The molecule has 0 aliphatic carbocycles. The number of halogens is 2. The molecule has 21 heavy (non-hydrogen) atoms. The minimum absolute atomic E-state index is 0.0224. The Bertz CT molecular complexity index is 698. The summed E-state index contributed by atoms with van der Waals surface area (Å²) >= 11 is 6.94. The van der Waals surface area contributed by atoms with Crippen molar-refractivity contribution in [3.05, 3.63) is 32.8 Å². The molecule has 1 aromatic carbocycles. The van der Waals surface area contributed by atoms with Crippen molar-refractivity contribution in [1.82, 2.24) is 9.88 Å². The molecular weight excluding hydrogens is 400 g/mol. The van der Waals surface area contributed by atoms with Crippen LogP contribution in [-0.2, 0) is 0 Å². The maximum Gasteiger partial charge on any atom is 0.256 e. The second-order valence-corrected chi connectivity index (χ2v) is 7.31. The largest absolute Gasteiger partial charge is 0.393 e. The lowest BCUT2D eigenvalue weighted by Gasteiger charge is -2.34. The summed E-state index contributed by atoms with van der Waals surface area (Å²) in [6.07, 6.45) is 2.11. The van der Waals surface area contributed by atoms with E-state index in [0.717, 1.165) is 19.8 Å². The summed E-state index contributed by atoms with van der Waals surface area (Å²) in [5.74, 6) is 0.142. The standard InChI is InChI=1S/C15H16Br2N2O2/c1-8-7-19(3-2-14(8)20)15(21)10-6-18-13-5-12(17)11(16)4-9(10)13/h4-6,8,14,18,20H,2-3,7H2,1H3. The van der Waals surface area contributed by atoms with Gasteiger partial charge in [0, 0.05) is 39.1 Å². The van der Waals surface area contributed by atoms with Gasteiger partial charge in [-0.2, -0.15) is 0 Å². The Morgan fingerprint density at radius 2 is 2.10 bits per heavy atom. The number of aliphatic hydroxyl groups is 1. The van der Waals surface area contributed by atoms with Crippen molar-refractivity contribution in [2.24, 2.45) is 5.92 Å². The van der Waals surface area contributed by atoms with Gasteiger partial charge in [-0.3, -0.25) is 4.79 Å². The number of H-pyrrole nitrogens is 1. The van der Waals surface area contributed by atoms with Gasteiger partial charge in [-0.25, -0.2) is 0 Å². The third kappa shape index (κ3) is 2.76. The number of rotatable bonds is 1. The van der Waals surface area contributed by atoms with E-state index in [1.54, 1.807) is 6.20 Å². The molecule has 2 aromatic rings. The molecule has 1 aliphatic heterocycles. The van der Waals surface area contributed by atoms with E-state index in [0.29, 0.717) is 25.1 Å². The van der Waals surface area contributed by atoms with Crippen LogP contribution in [0.1, 0.15) is 23.7 Å². The van der Waals surface area contributed by atoms with Gasteiger partial charge in [-0.1, -0.05) is 6.92 Å². The Morgan fingerprint density at radius 1 is 1.38 bits per heavy atom. The lowest BCUT2D eigenvalue weighted by atomic mass is 9.96. The van der Waals surface area contributed by atoms with Crippen molar-refractivity contribution in [3.8, 4) is 0 Å². The van der Waals surface area contributed by atoms with Gasteiger partial charge in [0.1, 0.15) is 0 Å². The van der Waals surface area contributed by atoms with Crippen LogP contribution >= 0.6 is 31.9 Å². The minimum atomic E-state index is -0.304. The monoisotopic (exact) mass is 414 g/mol. The topological polar surface area (TPSA) is 56.3 Å². The third-order valence-corrected chi connectivity index (χ3v) is 5.94. The second kappa shape index (κ2) is 5.74. The average molecular weight is 416 g/mol. The first-order valence-electron chi connectivity index (χ1n) is 6.91. The van der Waals surface area contributed by atoms with Crippen LogP contribution in [-0.4, -0.2) is 40.1 Å². The molecule has 1 aliphatic rings. The molecule has 0 radical (unpaired) electrons. The summed E-state index contributed by atoms with van der Waals surface area (Å²) in [6.45, 7) is 3.19. The molecule has 1 aromatic heterocycles. The molecule has 0 spiro atoms. The normalized spacial score (nSPS) is 22.8. The van der Waals surface area contributed by atoms with E-state index in [-0.39, 0.29) is 17.9 Å². The van der Waals surface area contributed by atoms with Crippen molar-refractivity contribution in [3.63, 3.8) is 0 Å². The molecule has 1 saturated heterocycles. The van der Waals surface area contributed by atoms with Crippen molar-refractivity contribution >= 4 is 48.7 Å². The van der Waals surface area contributed by atoms with Crippen molar-refractivity contribution in [1.29, 1.82) is 0 Å². The zero-order chi connectivity index (χ0) is 15.1. The number of hydrogen-bond donors (Lipinski definition) is 2. The Morgan fingerprint density at radius 3 is 2.81 bits per heavy atom. The number of amides is 1. The summed E-state index contributed by atoms with van der Waals surface area (Å²) in [6, 6.07) is 3.91. The fourth-order valence-corrected chi connectivity index (χ4v) is 3.47. The highest BCUT2D eigenvalue weighted by Gasteiger charge is 2.28. The van der Waals surface area contributed by atoms with Gasteiger partial charge < -0.3 is 15.0 Å². The maximum absolute atomic E-state index is 12.7. The summed E-state index contributed by atoms with van der Waals surface area (Å²) in [4.78, 5) is 17.7. The van der Waals surface area contributed by atoms with Gasteiger partial charge in [0.15, 0.2) is 0 Å². The lowest BCUT2D eigenvalue weighted by molar-refractivity contribution is 0.0299. The molecule has 112 valence electrons. The highest BCUT2D eigenvalue weighted by atomic mass is 79.9. The zero-order valence-electron chi connectivity index (χ0n) is 11.6. The van der Waals surface area contributed by atoms with Crippen LogP contribution in [0.25, 0.3) is 10.9 Å². The first-order valence-corrected chi connectivity index (χ1v) is 8.49. The predicted octanol–water partition coefficient (Wildman–Crippen LogP) is 3.54. The Balaban J connectivity index is 1.93. The van der Waals surface area contributed by atoms with E-state index in [1.165, 1.54) is 0 Å². The predicted molar refractivity (Wildman–Crippen MR) is 89.4 cm³/mol. The van der Waals surface area contributed by atoms with Crippen LogP contribution in [0, 0.1) is 5.92 Å². The molecular formula is C15H16Br2N2O2. The van der Waals surface area contributed by atoms with Crippen LogP contribution in [0.5, 0.6) is 0 Å². The summed E-state index contributed by atoms with van der Waals surface area (Å²) < 4.78 is 1.87. The van der Waals surface area contributed by atoms with E-state index in [4.69, 9.17) is 0 Å². The molecule has 0 saturated carbocycles. The number of carbonyl (C=O) groups is 1.